The summed E-state index contributed by atoms with van der Waals surface area (Å²) in [6, 6.07) is 25.9. The van der Waals surface area contributed by atoms with Gasteiger partial charge in [-0.2, -0.15) is 11.8 Å². The zero-order valence-corrected chi connectivity index (χ0v) is 25.2. The van der Waals surface area contributed by atoms with Gasteiger partial charge in [0.2, 0.25) is 0 Å². The van der Waals surface area contributed by atoms with Crippen LogP contribution in [0.3, 0.4) is 0 Å². The summed E-state index contributed by atoms with van der Waals surface area (Å²) >= 11 is 7.99. The molecule has 7 heteroatoms. The molecule has 0 saturated heterocycles. The average molecular weight is 602 g/mol. The van der Waals surface area contributed by atoms with Crippen LogP contribution < -0.4 is 0 Å². The van der Waals surface area contributed by atoms with Gasteiger partial charge >= 0.3 is 5.97 Å². The van der Waals surface area contributed by atoms with Gasteiger partial charge in [0.05, 0.1) is 24.2 Å². The normalized spacial score (nSPS) is 16.4. The molecule has 1 saturated carbocycles. The molecule has 0 amide bonds. The summed E-state index contributed by atoms with van der Waals surface area (Å²) in [4.78, 5) is 16.2. The van der Waals surface area contributed by atoms with Crippen molar-refractivity contribution in [3.63, 3.8) is 0 Å². The number of benzene rings is 3. The van der Waals surface area contributed by atoms with Crippen LogP contribution >= 0.6 is 23.4 Å². The van der Waals surface area contributed by atoms with Crippen molar-refractivity contribution in [2.45, 2.75) is 49.9 Å². The Labute approximate surface area is 256 Å². The Bertz CT molecular complexity index is 1600. The molecule has 1 aromatic heterocycles. The van der Waals surface area contributed by atoms with Crippen LogP contribution in [0.4, 0.5) is 0 Å². The van der Waals surface area contributed by atoms with Crippen molar-refractivity contribution in [3.8, 4) is 0 Å². The number of aliphatic carboxylic acids is 1. The van der Waals surface area contributed by atoms with Gasteiger partial charge < -0.3 is 15.3 Å². The van der Waals surface area contributed by atoms with Crippen LogP contribution in [0.15, 0.2) is 78.9 Å². The number of aliphatic hydroxyl groups excluding tert-OH is 1. The number of nitrogens with zero attached hydrogens (tertiary/aromatic N) is 1. The number of carboxylic acids is 1. The molecule has 42 heavy (non-hydrogen) atoms. The highest BCUT2D eigenvalue weighted by Gasteiger charge is 2.44. The van der Waals surface area contributed by atoms with Crippen LogP contribution in [0.1, 0.15) is 65.8 Å². The van der Waals surface area contributed by atoms with Crippen LogP contribution in [0, 0.1) is 5.41 Å². The van der Waals surface area contributed by atoms with Crippen LogP contribution in [0.2, 0.25) is 5.02 Å². The number of pyridine rings is 1. The summed E-state index contributed by atoms with van der Waals surface area (Å²) in [5.41, 5.74) is 4.25. The highest BCUT2D eigenvalue weighted by molar-refractivity contribution is 7.99. The first-order valence-corrected chi connectivity index (χ1v) is 15.7. The van der Waals surface area contributed by atoms with E-state index >= 15 is 0 Å². The van der Waals surface area contributed by atoms with Gasteiger partial charge in [0.25, 0.3) is 0 Å². The molecular formula is C35H36ClNO4S. The molecule has 5 rings (SSSR count). The number of hydrogen-bond donors (Lipinski definition) is 3. The maximum Gasteiger partial charge on any atom is 0.303 e. The van der Waals surface area contributed by atoms with E-state index in [4.69, 9.17) is 16.6 Å². The SMILES string of the molecule is CC(O)(CO)c1ccccc1CC[C@@H](SCC1(CC(=O)O)CC1)c1cccc(C=Cc2ccc3ccc(Cl)cc3n2)c1. The monoisotopic (exact) mass is 601 g/mol. The van der Waals surface area contributed by atoms with Gasteiger partial charge in [-0.05, 0) is 84.6 Å². The minimum absolute atomic E-state index is 0.116. The fourth-order valence-electron chi connectivity index (χ4n) is 5.37. The van der Waals surface area contributed by atoms with Gasteiger partial charge in [0.15, 0.2) is 0 Å². The summed E-state index contributed by atoms with van der Waals surface area (Å²) in [5.74, 6) is 0.0605. The first-order valence-electron chi connectivity index (χ1n) is 14.3. The smallest absolute Gasteiger partial charge is 0.303 e. The maximum atomic E-state index is 11.5. The van der Waals surface area contributed by atoms with Crippen LogP contribution in [0.5, 0.6) is 0 Å². The number of rotatable bonds is 13. The summed E-state index contributed by atoms with van der Waals surface area (Å²) in [6.45, 7) is 1.28. The molecule has 1 unspecified atom stereocenters. The molecule has 0 aliphatic heterocycles. The number of fused-ring (bicyclic) bond motifs is 1. The fourth-order valence-corrected chi connectivity index (χ4v) is 7.11. The topological polar surface area (TPSA) is 90.7 Å². The number of aryl methyl sites for hydroxylation is 1. The highest BCUT2D eigenvalue weighted by atomic mass is 35.5. The van der Waals surface area contributed by atoms with Gasteiger partial charge in [-0.1, -0.05) is 78.3 Å². The predicted molar refractivity (Wildman–Crippen MR) is 173 cm³/mol. The maximum absolute atomic E-state index is 11.5. The molecule has 1 fully saturated rings. The Morgan fingerprint density at radius 1 is 1.07 bits per heavy atom. The third kappa shape index (κ3) is 7.61. The van der Waals surface area contributed by atoms with E-state index in [1.807, 2.05) is 72.4 Å². The van der Waals surface area contributed by atoms with Crippen molar-refractivity contribution in [2.24, 2.45) is 5.41 Å². The third-order valence-electron chi connectivity index (χ3n) is 8.06. The number of aliphatic hydroxyl groups is 2. The number of hydrogen-bond acceptors (Lipinski definition) is 5. The number of carbonyl (C=O) groups is 1. The lowest BCUT2D eigenvalue weighted by Crippen LogP contribution is -2.27. The van der Waals surface area contributed by atoms with Crippen molar-refractivity contribution in [1.29, 1.82) is 0 Å². The quantitative estimate of drug-likeness (QED) is 0.144. The van der Waals surface area contributed by atoms with Gasteiger partial charge in [-0.15, -0.1) is 0 Å². The second kappa shape index (κ2) is 13.0. The molecule has 1 heterocycles. The Balaban J connectivity index is 1.38. The summed E-state index contributed by atoms with van der Waals surface area (Å²) in [7, 11) is 0. The Morgan fingerprint density at radius 2 is 1.86 bits per heavy atom. The fraction of sp³-hybridized carbons (Fsp3) is 0.314. The van der Waals surface area contributed by atoms with E-state index in [2.05, 4.69) is 30.3 Å². The van der Waals surface area contributed by atoms with Gasteiger partial charge in [0.1, 0.15) is 5.60 Å². The molecular weight excluding hydrogens is 566 g/mol. The zero-order valence-electron chi connectivity index (χ0n) is 23.7. The molecule has 2 atom stereocenters. The number of halogens is 1. The summed E-state index contributed by atoms with van der Waals surface area (Å²) in [6.07, 6.45) is 7.71. The number of aromatic nitrogens is 1. The first-order chi connectivity index (χ1) is 20.2. The van der Waals surface area contributed by atoms with Crippen molar-refractivity contribution in [3.05, 3.63) is 112 Å². The molecule has 0 spiro atoms. The molecule has 218 valence electrons. The van der Waals surface area contributed by atoms with E-state index in [9.17, 15) is 20.1 Å². The van der Waals surface area contributed by atoms with Crippen LogP contribution in [-0.2, 0) is 16.8 Å². The van der Waals surface area contributed by atoms with Crippen LogP contribution in [-0.4, -0.2) is 38.6 Å². The minimum Gasteiger partial charge on any atom is -0.481 e. The highest BCUT2D eigenvalue weighted by Crippen LogP contribution is 2.53. The van der Waals surface area contributed by atoms with E-state index in [0.29, 0.717) is 5.02 Å². The average Bonchev–Trinajstić information content (AvgIpc) is 3.74. The molecule has 1 aliphatic rings. The van der Waals surface area contributed by atoms with E-state index < -0.39 is 11.6 Å². The summed E-state index contributed by atoms with van der Waals surface area (Å²) < 4.78 is 0. The largest absolute Gasteiger partial charge is 0.481 e. The lowest BCUT2D eigenvalue weighted by atomic mass is 9.89. The van der Waals surface area contributed by atoms with E-state index in [-0.39, 0.29) is 23.7 Å². The van der Waals surface area contributed by atoms with Crippen LogP contribution in [0.25, 0.3) is 23.1 Å². The lowest BCUT2D eigenvalue weighted by molar-refractivity contribution is -0.138. The standard InChI is InChI=1S/C35H36ClNO4S/c1-34(41,22-38)30-8-3-2-6-25(30)12-16-32(42-23-35(17-18-35)21-33(39)40)27-7-4-5-24(19-27)9-14-29-15-11-26-10-13-28(36)20-31(26)37-29/h2-11,13-15,19-20,32,38,41H,12,16-18,21-23H2,1H3,(H,39,40)/t32-,34?/m1/s1. The lowest BCUT2D eigenvalue weighted by Gasteiger charge is -2.25. The number of thioether (sulfide) groups is 1. The number of carboxylic acid groups (broad SMARTS) is 1. The molecule has 3 N–H and O–H groups in total. The van der Waals surface area contributed by atoms with Crippen molar-refractivity contribution < 1.29 is 20.1 Å². The second-order valence-corrected chi connectivity index (χ2v) is 13.2. The third-order valence-corrected chi connectivity index (χ3v) is 9.98. The molecule has 1 aliphatic carbocycles. The van der Waals surface area contributed by atoms with Gasteiger partial charge in [-0.25, -0.2) is 4.98 Å². The van der Waals surface area contributed by atoms with Gasteiger partial charge in [-0.3, -0.25) is 4.79 Å². The zero-order chi connectivity index (χ0) is 29.7. The molecule has 5 nitrogen and oxygen atoms in total. The molecule has 3 aromatic carbocycles. The Kier molecular flexibility index (Phi) is 9.38. The van der Waals surface area contributed by atoms with E-state index in [0.717, 1.165) is 64.7 Å². The summed E-state index contributed by atoms with van der Waals surface area (Å²) in [5, 5.41) is 31.9. The molecule has 0 bridgehead atoms. The van der Waals surface area contributed by atoms with Crippen molar-refractivity contribution >= 4 is 52.4 Å². The van der Waals surface area contributed by atoms with E-state index in [1.54, 1.807) is 6.92 Å². The Morgan fingerprint density at radius 3 is 2.62 bits per heavy atom. The molecule has 0 radical (unpaired) electrons. The minimum atomic E-state index is -1.31. The predicted octanol–water partition coefficient (Wildman–Crippen LogP) is 7.92. The second-order valence-electron chi connectivity index (χ2n) is 11.6. The molecule has 4 aromatic rings. The first kappa shape index (κ1) is 30.3. The Hall–Kier alpha value is -3.16. The van der Waals surface area contributed by atoms with Gasteiger partial charge in [0, 0.05) is 21.4 Å². The van der Waals surface area contributed by atoms with E-state index in [1.165, 1.54) is 5.56 Å². The van der Waals surface area contributed by atoms with Crippen molar-refractivity contribution in [2.75, 3.05) is 12.4 Å². The van der Waals surface area contributed by atoms with Crippen molar-refractivity contribution in [1.82, 2.24) is 4.98 Å².